The first-order chi connectivity index (χ1) is 11.8. The first-order valence-electron chi connectivity index (χ1n) is 8.87. The Morgan fingerprint density at radius 2 is 1.71 bits per heavy atom. The van der Waals surface area contributed by atoms with Gasteiger partial charge in [-0.3, -0.25) is 4.79 Å². The lowest BCUT2D eigenvalue weighted by atomic mass is 9.90. The van der Waals surface area contributed by atoms with Crippen molar-refractivity contribution in [2.45, 2.75) is 35.8 Å². The zero-order valence-electron chi connectivity index (χ0n) is 13.9. The highest BCUT2D eigenvalue weighted by atomic mass is 32.2. The summed E-state index contributed by atoms with van der Waals surface area (Å²) in [6.45, 7) is 1.84. The highest BCUT2D eigenvalue weighted by molar-refractivity contribution is 8.01. The van der Waals surface area contributed by atoms with E-state index in [9.17, 15) is 4.79 Å². The minimum absolute atomic E-state index is 0.0908. The average Bonchev–Trinajstić information content (AvgIpc) is 3.07. The summed E-state index contributed by atoms with van der Waals surface area (Å²) in [6.07, 6.45) is 4.30. The van der Waals surface area contributed by atoms with Gasteiger partial charge in [-0.1, -0.05) is 48.5 Å². The fourth-order valence-electron chi connectivity index (χ4n) is 3.83. The number of hydrogen-bond acceptors (Lipinski definition) is 2. The molecule has 0 radical (unpaired) electrons. The Hall–Kier alpha value is -1.74. The van der Waals surface area contributed by atoms with Crippen molar-refractivity contribution in [3.63, 3.8) is 0 Å². The Balaban J connectivity index is 1.31. The van der Waals surface area contributed by atoms with Crippen LogP contribution in [0.2, 0.25) is 0 Å². The molecule has 2 aliphatic rings. The van der Waals surface area contributed by atoms with Crippen molar-refractivity contribution in [2.24, 2.45) is 5.92 Å². The van der Waals surface area contributed by atoms with E-state index in [0.29, 0.717) is 11.8 Å². The zero-order valence-corrected chi connectivity index (χ0v) is 14.7. The zero-order chi connectivity index (χ0) is 16.4. The van der Waals surface area contributed by atoms with Gasteiger partial charge in [0.2, 0.25) is 5.91 Å². The normalized spacial score (nSPS) is 20.8. The van der Waals surface area contributed by atoms with Gasteiger partial charge in [0.25, 0.3) is 0 Å². The third kappa shape index (κ3) is 3.36. The second kappa shape index (κ2) is 7.02. The smallest absolute Gasteiger partial charge is 0.236 e. The van der Waals surface area contributed by atoms with E-state index in [-0.39, 0.29) is 5.25 Å². The summed E-state index contributed by atoms with van der Waals surface area (Å²) in [5.74, 6) is 1.05. The van der Waals surface area contributed by atoms with Gasteiger partial charge in [-0.15, -0.1) is 11.8 Å². The molecule has 1 saturated heterocycles. The maximum absolute atomic E-state index is 12.8. The molecule has 0 saturated carbocycles. The molecule has 2 aromatic carbocycles. The second-order valence-electron chi connectivity index (χ2n) is 6.88. The molecular weight excluding hydrogens is 314 g/mol. The molecule has 2 aliphatic heterocycles. The lowest BCUT2D eigenvalue weighted by molar-refractivity contribution is -0.131. The monoisotopic (exact) mass is 337 g/mol. The summed E-state index contributed by atoms with van der Waals surface area (Å²) in [4.78, 5) is 16.2. The number of carbonyl (C=O) groups excluding carboxylic acids is 1. The van der Waals surface area contributed by atoms with Gasteiger partial charge in [-0.25, -0.2) is 0 Å². The van der Waals surface area contributed by atoms with Crippen LogP contribution in [0.15, 0.2) is 59.5 Å². The molecule has 1 fully saturated rings. The fourth-order valence-corrected chi connectivity index (χ4v) is 5.11. The van der Waals surface area contributed by atoms with Crippen LogP contribution in [0.3, 0.4) is 0 Å². The molecule has 24 heavy (non-hydrogen) atoms. The SMILES string of the molecule is O=C([C@@H]1Cc2ccccc2S1)N1CCC(Cc2ccccc2)CC1. The third-order valence-electron chi connectivity index (χ3n) is 5.22. The van der Waals surface area contributed by atoms with Crippen LogP contribution in [0.25, 0.3) is 0 Å². The lowest BCUT2D eigenvalue weighted by Crippen LogP contribution is -2.43. The van der Waals surface area contributed by atoms with E-state index < -0.39 is 0 Å². The van der Waals surface area contributed by atoms with Gasteiger partial charge in [0.15, 0.2) is 0 Å². The molecule has 1 amide bonds. The topological polar surface area (TPSA) is 20.3 Å². The summed E-state index contributed by atoms with van der Waals surface area (Å²) in [5, 5.41) is 0.0908. The van der Waals surface area contributed by atoms with Crippen LogP contribution >= 0.6 is 11.8 Å². The first-order valence-corrected chi connectivity index (χ1v) is 9.75. The number of nitrogens with zero attached hydrogens (tertiary/aromatic N) is 1. The lowest BCUT2D eigenvalue weighted by Gasteiger charge is -2.33. The van der Waals surface area contributed by atoms with Crippen LogP contribution in [0.1, 0.15) is 24.0 Å². The number of carbonyl (C=O) groups is 1. The van der Waals surface area contributed by atoms with Gasteiger partial charge in [-0.2, -0.15) is 0 Å². The van der Waals surface area contributed by atoms with E-state index in [4.69, 9.17) is 0 Å². The minimum Gasteiger partial charge on any atom is -0.342 e. The van der Waals surface area contributed by atoms with Crippen molar-refractivity contribution in [2.75, 3.05) is 13.1 Å². The van der Waals surface area contributed by atoms with Crippen molar-refractivity contribution < 1.29 is 4.79 Å². The van der Waals surface area contributed by atoms with E-state index in [1.54, 1.807) is 11.8 Å². The predicted molar refractivity (Wildman–Crippen MR) is 99.2 cm³/mol. The van der Waals surface area contributed by atoms with Gasteiger partial charge in [0.1, 0.15) is 0 Å². The number of likely N-dealkylation sites (tertiary alicyclic amines) is 1. The number of piperidine rings is 1. The first kappa shape index (κ1) is 15.8. The van der Waals surface area contributed by atoms with E-state index in [0.717, 1.165) is 38.8 Å². The van der Waals surface area contributed by atoms with Gasteiger partial charge in [0.05, 0.1) is 5.25 Å². The van der Waals surface area contributed by atoms with Crippen molar-refractivity contribution in [3.8, 4) is 0 Å². The van der Waals surface area contributed by atoms with E-state index in [1.165, 1.54) is 16.0 Å². The Labute approximate surface area is 148 Å². The van der Waals surface area contributed by atoms with E-state index >= 15 is 0 Å². The average molecular weight is 337 g/mol. The van der Waals surface area contributed by atoms with Gasteiger partial charge in [-0.05, 0) is 48.8 Å². The van der Waals surface area contributed by atoms with Crippen LogP contribution in [0, 0.1) is 5.92 Å². The fraction of sp³-hybridized carbons (Fsp3) is 0.381. The number of amides is 1. The molecule has 2 nitrogen and oxygen atoms in total. The minimum atomic E-state index is 0.0908. The number of fused-ring (bicyclic) bond motifs is 1. The Bertz CT molecular complexity index is 682. The molecule has 2 heterocycles. The molecule has 0 unspecified atom stereocenters. The molecule has 124 valence electrons. The molecule has 1 atom stereocenters. The summed E-state index contributed by atoms with van der Waals surface area (Å²) in [6, 6.07) is 19.2. The van der Waals surface area contributed by atoms with E-state index in [2.05, 4.69) is 59.5 Å². The quantitative estimate of drug-likeness (QED) is 0.837. The molecule has 0 spiro atoms. The number of rotatable bonds is 3. The van der Waals surface area contributed by atoms with Crippen molar-refractivity contribution in [1.29, 1.82) is 0 Å². The number of hydrogen-bond donors (Lipinski definition) is 0. The third-order valence-corrected chi connectivity index (χ3v) is 6.52. The van der Waals surface area contributed by atoms with Crippen molar-refractivity contribution >= 4 is 17.7 Å². The molecule has 0 aliphatic carbocycles. The Morgan fingerprint density at radius 1 is 1.00 bits per heavy atom. The van der Waals surface area contributed by atoms with Crippen molar-refractivity contribution in [1.82, 2.24) is 4.90 Å². The molecule has 0 bridgehead atoms. The standard InChI is InChI=1S/C21H23NOS/c23-21(20-15-18-8-4-5-9-19(18)24-20)22-12-10-17(11-13-22)14-16-6-2-1-3-7-16/h1-9,17,20H,10-15H2/t20-/m0/s1. The number of benzene rings is 2. The summed E-state index contributed by atoms with van der Waals surface area (Å²) < 4.78 is 0. The van der Waals surface area contributed by atoms with Gasteiger partial charge in [0, 0.05) is 18.0 Å². The van der Waals surface area contributed by atoms with Crippen LogP contribution in [0.4, 0.5) is 0 Å². The van der Waals surface area contributed by atoms with Crippen LogP contribution in [-0.4, -0.2) is 29.1 Å². The molecular formula is C21H23NOS. The molecule has 3 heteroatoms. The second-order valence-corrected chi connectivity index (χ2v) is 8.12. The van der Waals surface area contributed by atoms with E-state index in [1.807, 2.05) is 0 Å². The van der Waals surface area contributed by atoms with Gasteiger partial charge >= 0.3 is 0 Å². The summed E-state index contributed by atoms with van der Waals surface area (Å²) in [7, 11) is 0. The maximum atomic E-state index is 12.8. The number of thioether (sulfide) groups is 1. The summed E-state index contributed by atoms with van der Waals surface area (Å²) >= 11 is 1.75. The van der Waals surface area contributed by atoms with Crippen LogP contribution in [-0.2, 0) is 17.6 Å². The highest BCUT2D eigenvalue weighted by Gasteiger charge is 2.33. The molecule has 2 aromatic rings. The van der Waals surface area contributed by atoms with Crippen LogP contribution in [0.5, 0.6) is 0 Å². The molecule has 0 aromatic heterocycles. The molecule has 0 N–H and O–H groups in total. The Kier molecular flexibility index (Phi) is 4.61. The highest BCUT2D eigenvalue weighted by Crippen LogP contribution is 2.38. The summed E-state index contributed by atoms with van der Waals surface area (Å²) in [5.41, 5.74) is 2.75. The Morgan fingerprint density at radius 3 is 2.46 bits per heavy atom. The maximum Gasteiger partial charge on any atom is 0.236 e. The van der Waals surface area contributed by atoms with Crippen LogP contribution < -0.4 is 0 Å². The largest absolute Gasteiger partial charge is 0.342 e. The predicted octanol–water partition coefficient (Wildman–Crippen LogP) is 4.18. The van der Waals surface area contributed by atoms with Crippen molar-refractivity contribution in [3.05, 3.63) is 65.7 Å². The molecule has 4 rings (SSSR count). The van der Waals surface area contributed by atoms with Gasteiger partial charge < -0.3 is 4.90 Å².